The van der Waals surface area contributed by atoms with Gasteiger partial charge in [0.25, 0.3) is 0 Å². The van der Waals surface area contributed by atoms with Crippen LogP contribution in [0.5, 0.6) is 0 Å². The molecule has 0 radical (unpaired) electrons. The van der Waals surface area contributed by atoms with Gasteiger partial charge < -0.3 is 0 Å². The molecule has 0 N–H and O–H groups in total. The number of fused-ring (bicyclic) bond motifs is 1. The fourth-order valence-corrected chi connectivity index (χ4v) is 2.54. The highest BCUT2D eigenvalue weighted by molar-refractivity contribution is 7.99. The van der Waals surface area contributed by atoms with Gasteiger partial charge in [-0.3, -0.25) is 0 Å². The van der Waals surface area contributed by atoms with E-state index < -0.39 is 0 Å². The van der Waals surface area contributed by atoms with Crippen LogP contribution in [-0.4, -0.2) is 5.75 Å². The van der Waals surface area contributed by atoms with E-state index in [-0.39, 0.29) is 5.82 Å². The molecule has 0 amide bonds. The highest BCUT2D eigenvalue weighted by atomic mass is 32.2. The third-order valence-electron chi connectivity index (χ3n) is 2.19. The first-order valence-electron chi connectivity index (χ1n) is 4.19. The zero-order chi connectivity index (χ0) is 8.55. The predicted octanol–water partition coefficient (Wildman–Crippen LogP) is 3.17. The lowest BCUT2D eigenvalue weighted by molar-refractivity contribution is 0.612. The fourth-order valence-electron chi connectivity index (χ4n) is 1.50. The van der Waals surface area contributed by atoms with Gasteiger partial charge in [0, 0.05) is 4.90 Å². The summed E-state index contributed by atoms with van der Waals surface area (Å²) in [6, 6.07) is 3.66. The Morgan fingerprint density at radius 2 is 2.25 bits per heavy atom. The van der Waals surface area contributed by atoms with Crippen molar-refractivity contribution in [3.63, 3.8) is 0 Å². The van der Waals surface area contributed by atoms with E-state index in [0.29, 0.717) is 0 Å². The van der Waals surface area contributed by atoms with E-state index in [1.54, 1.807) is 17.8 Å². The Kier molecular flexibility index (Phi) is 2.09. The molecular weight excluding hydrogens is 171 g/mol. The van der Waals surface area contributed by atoms with Crippen molar-refractivity contribution in [3.8, 4) is 0 Å². The van der Waals surface area contributed by atoms with Gasteiger partial charge in [-0.05, 0) is 42.7 Å². The number of aryl methyl sites for hydroxylation is 2. The number of benzene rings is 1. The maximum Gasteiger partial charge on any atom is 0.127 e. The Morgan fingerprint density at radius 1 is 1.42 bits per heavy atom. The molecule has 2 heteroatoms. The lowest BCUT2D eigenvalue weighted by Gasteiger charge is -2.15. The molecule has 0 fully saturated rings. The monoisotopic (exact) mass is 182 g/mol. The summed E-state index contributed by atoms with van der Waals surface area (Å²) in [4.78, 5) is 1.14. The average Bonchev–Trinajstić information content (AvgIpc) is 2.07. The van der Waals surface area contributed by atoms with Crippen LogP contribution in [0.3, 0.4) is 0 Å². The molecule has 1 aromatic rings. The quantitative estimate of drug-likeness (QED) is 0.594. The summed E-state index contributed by atoms with van der Waals surface area (Å²) in [6.45, 7) is 1.83. The first-order chi connectivity index (χ1) is 5.77. The van der Waals surface area contributed by atoms with Crippen molar-refractivity contribution in [2.45, 2.75) is 24.7 Å². The van der Waals surface area contributed by atoms with Crippen molar-refractivity contribution in [1.29, 1.82) is 0 Å². The SMILES string of the molecule is Cc1cc2c(cc1F)SCCC2. The van der Waals surface area contributed by atoms with E-state index in [0.717, 1.165) is 22.6 Å². The second-order valence-corrected chi connectivity index (χ2v) is 4.30. The maximum absolute atomic E-state index is 13.1. The Labute approximate surface area is 76.2 Å². The minimum Gasteiger partial charge on any atom is -0.207 e. The summed E-state index contributed by atoms with van der Waals surface area (Å²) in [5.74, 6) is 1.07. The van der Waals surface area contributed by atoms with E-state index in [1.807, 2.05) is 13.0 Å². The Bertz CT molecular complexity index is 276. The number of thioether (sulfide) groups is 1. The van der Waals surface area contributed by atoms with E-state index >= 15 is 0 Å². The van der Waals surface area contributed by atoms with Crippen molar-refractivity contribution in [3.05, 3.63) is 29.1 Å². The molecule has 1 aliphatic heterocycles. The second-order valence-electron chi connectivity index (χ2n) is 3.16. The van der Waals surface area contributed by atoms with Crippen molar-refractivity contribution in [1.82, 2.24) is 0 Å². The van der Waals surface area contributed by atoms with Crippen LogP contribution in [-0.2, 0) is 6.42 Å². The molecule has 0 spiro atoms. The van der Waals surface area contributed by atoms with Crippen LogP contribution in [0.25, 0.3) is 0 Å². The summed E-state index contributed by atoms with van der Waals surface area (Å²) in [7, 11) is 0. The third-order valence-corrected chi connectivity index (χ3v) is 3.37. The Balaban J connectivity index is 2.49. The van der Waals surface area contributed by atoms with E-state index in [4.69, 9.17) is 0 Å². The highest BCUT2D eigenvalue weighted by Gasteiger charge is 2.11. The summed E-state index contributed by atoms with van der Waals surface area (Å²) in [6.07, 6.45) is 2.34. The van der Waals surface area contributed by atoms with Gasteiger partial charge in [0.2, 0.25) is 0 Å². The molecule has 0 bridgehead atoms. The Morgan fingerprint density at radius 3 is 3.08 bits per heavy atom. The fraction of sp³-hybridized carbons (Fsp3) is 0.400. The van der Waals surface area contributed by atoms with Gasteiger partial charge >= 0.3 is 0 Å². The number of rotatable bonds is 0. The van der Waals surface area contributed by atoms with Gasteiger partial charge in [0.1, 0.15) is 5.82 Å². The van der Waals surface area contributed by atoms with Crippen LogP contribution in [0.4, 0.5) is 4.39 Å². The molecule has 1 heterocycles. The van der Waals surface area contributed by atoms with E-state index in [1.165, 1.54) is 12.0 Å². The van der Waals surface area contributed by atoms with Gasteiger partial charge in [-0.2, -0.15) is 0 Å². The molecule has 0 saturated heterocycles. The smallest absolute Gasteiger partial charge is 0.127 e. The summed E-state index contributed by atoms with van der Waals surface area (Å²) in [5.41, 5.74) is 2.10. The number of hydrogen-bond donors (Lipinski definition) is 0. The minimum absolute atomic E-state index is 0.0665. The van der Waals surface area contributed by atoms with Gasteiger partial charge in [-0.15, -0.1) is 11.8 Å². The predicted molar refractivity (Wildman–Crippen MR) is 50.2 cm³/mol. The van der Waals surface area contributed by atoms with Gasteiger partial charge in [0.05, 0.1) is 0 Å². The third kappa shape index (κ3) is 1.36. The zero-order valence-electron chi connectivity index (χ0n) is 7.06. The lowest BCUT2D eigenvalue weighted by Crippen LogP contribution is -2.00. The summed E-state index contributed by atoms with van der Waals surface area (Å²) < 4.78 is 13.1. The molecule has 0 aliphatic carbocycles. The molecule has 0 nitrogen and oxygen atoms in total. The number of halogens is 1. The number of hydrogen-bond acceptors (Lipinski definition) is 1. The van der Waals surface area contributed by atoms with Gasteiger partial charge in [-0.1, -0.05) is 6.07 Å². The van der Waals surface area contributed by atoms with Crippen LogP contribution >= 0.6 is 11.8 Å². The van der Waals surface area contributed by atoms with E-state index in [9.17, 15) is 4.39 Å². The van der Waals surface area contributed by atoms with Crippen molar-refractivity contribution < 1.29 is 4.39 Å². The topological polar surface area (TPSA) is 0 Å². The largest absolute Gasteiger partial charge is 0.207 e. The first-order valence-corrected chi connectivity index (χ1v) is 5.18. The second kappa shape index (κ2) is 3.09. The van der Waals surface area contributed by atoms with Crippen LogP contribution in [0.1, 0.15) is 17.5 Å². The minimum atomic E-state index is -0.0665. The highest BCUT2D eigenvalue weighted by Crippen LogP contribution is 2.31. The van der Waals surface area contributed by atoms with Crippen molar-refractivity contribution in [2.24, 2.45) is 0 Å². The average molecular weight is 182 g/mol. The standard InChI is InChI=1S/C10H11FS/c1-7-5-8-3-2-4-12-10(8)6-9(7)11/h5-6H,2-4H2,1H3. The summed E-state index contributed by atoms with van der Waals surface area (Å²) >= 11 is 1.77. The molecule has 0 atom stereocenters. The molecule has 2 rings (SSSR count). The molecule has 1 aromatic carbocycles. The molecule has 1 aliphatic rings. The summed E-state index contributed by atoms with van der Waals surface area (Å²) in [5, 5.41) is 0. The maximum atomic E-state index is 13.1. The normalized spacial score (nSPS) is 15.8. The van der Waals surface area contributed by atoms with Crippen LogP contribution in [0, 0.1) is 12.7 Å². The molecule has 0 aromatic heterocycles. The lowest BCUT2D eigenvalue weighted by atomic mass is 10.1. The van der Waals surface area contributed by atoms with Crippen LogP contribution in [0.15, 0.2) is 17.0 Å². The molecule has 0 unspecified atom stereocenters. The van der Waals surface area contributed by atoms with Crippen LogP contribution in [0.2, 0.25) is 0 Å². The van der Waals surface area contributed by atoms with Crippen LogP contribution < -0.4 is 0 Å². The molecule has 12 heavy (non-hydrogen) atoms. The van der Waals surface area contributed by atoms with Crippen molar-refractivity contribution in [2.75, 3.05) is 5.75 Å². The van der Waals surface area contributed by atoms with Gasteiger partial charge in [0.15, 0.2) is 0 Å². The molecular formula is C10H11FS. The zero-order valence-corrected chi connectivity index (χ0v) is 7.88. The molecule has 64 valence electrons. The van der Waals surface area contributed by atoms with Gasteiger partial charge in [-0.25, -0.2) is 4.39 Å². The van der Waals surface area contributed by atoms with E-state index in [2.05, 4.69) is 0 Å². The first kappa shape index (κ1) is 8.11. The Hall–Kier alpha value is -0.500. The molecule has 0 saturated carbocycles. The van der Waals surface area contributed by atoms with Crippen molar-refractivity contribution >= 4 is 11.8 Å².